The van der Waals surface area contributed by atoms with Gasteiger partial charge in [0.1, 0.15) is 0 Å². The Morgan fingerprint density at radius 3 is 1.97 bits per heavy atom. The molecule has 2 N–H and O–H groups in total. The summed E-state index contributed by atoms with van der Waals surface area (Å²) < 4.78 is 31.1. The zero-order chi connectivity index (χ0) is 22.6. The minimum absolute atomic E-state index is 0.191. The fourth-order valence-corrected chi connectivity index (χ4v) is 6.58. The molecule has 4 rings (SSSR count). The third kappa shape index (κ3) is 4.46. The van der Waals surface area contributed by atoms with Gasteiger partial charge in [-0.25, -0.2) is 13.9 Å². The van der Waals surface area contributed by atoms with E-state index < -0.39 is 20.5 Å². The predicted molar refractivity (Wildman–Crippen MR) is 122 cm³/mol. The predicted octanol–water partition coefficient (Wildman–Crippen LogP) is 2.23. The maximum Gasteiger partial charge on any atom is 0.244 e. The molecule has 0 radical (unpaired) electrons. The van der Waals surface area contributed by atoms with E-state index in [2.05, 4.69) is 21.9 Å². The molecule has 2 aliphatic rings. The van der Waals surface area contributed by atoms with Crippen LogP contribution in [0.25, 0.3) is 0 Å². The standard InChI is InChI=1S/C23H29N3O5S/c27-22(24-28)18-23(10-16-31-17-11-23)32(29,30)21-8-6-20(7-9-21)26-14-12-25(13-15-26)19-4-2-1-3-5-19/h1-9,28H,10-18H2,(H,24,27). The van der Waals surface area contributed by atoms with Crippen molar-refractivity contribution >= 4 is 27.1 Å². The van der Waals surface area contributed by atoms with E-state index in [1.165, 1.54) is 5.69 Å². The Bertz CT molecular complexity index is 1010. The Kier molecular flexibility index (Phi) is 6.68. The van der Waals surface area contributed by atoms with Crippen molar-refractivity contribution in [2.24, 2.45) is 0 Å². The number of nitrogens with zero attached hydrogens (tertiary/aromatic N) is 2. The summed E-state index contributed by atoms with van der Waals surface area (Å²) in [5.41, 5.74) is 3.76. The Hall–Kier alpha value is -2.62. The van der Waals surface area contributed by atoms with Crippen LogP contribution in [0.5, 0.6) is 0 Å². The molecule has 2 aliphatic heterocycles. The average molecular weight is 460 g/mol. The van der Waals surface area contributed by atoms with Gasteiger partial charge in [0.15, 0.2) is 9.84 Å². The molecule has 2 saturated heterocycles. The van der Waals surface area contributed by atoms with Gasteiger partial charge in [0, 0.05) is 57.2 Å². The molecule has 32 heavy (non-hydrogen) atoms. The lowest BCUT2D eigenvalue weighted by Crippen LogP contribution is -2.47. The molecule has 1 amide bonds. The highest BCUT2D eigenvalue weighted by molar-refractivity contribution is 7.92. The summed E-state index contributed by atoms with van der Waals surface area (Å²) in [5.74, 6) is -0.705. The number of amides is 1. The zero-order valence-corrected chi connectivity index (χ0v) is 18.8. The first-order chi connectivity index (χ1) is 15.4. The molecule has 2 aromatic carbocycles. The number of ether oxygens (including phenoxy) is 1. The molecule has 0 bridgehead atoms. The first kappa shape index (κ1) is 22.6. The topological polar surface area (TPSA) is 99.2 Å². The van der Waals surface area contributed by atoms with Gasteiger partial charge in [0.2, 0.25) is 5.91 Å². The van der Waals surface area contributed by atoms with Crippen molar-refractivity contribution in [1.29, 1.82) is 0 Å². The van der Waals surface area contributed by atoms with Crippen molar-refractivity contribution in [1.82, 2.24) is 5.48 Å². The van der Waals surface area contributed by atoms with Gasteiger partial charge in [-0.3, -0.25) is 10.0 Å². The number of piperazine rings is 1. The average Bonchev–Trinajstić information content (AvgIpc) is 2.85. The maximum absolute atomic E-state index is 13.5. The van der Waals surface area contributed by atoms with Crippen LogP contribution in [0.15, 0.2) is 59.5 Å². The fourth-order valence-electron chi connectivity index (χ4n) is 4.56. The van der Waals surface area contributed by atoms with Gasteiger partial charge in [0.25, 0.3) is 0 Å². The summed E-state index contributed by atoms with van der Waals surface area (Å²) in [4.78, 5) is 16.7. The lowest BCUT2D eigenvalue weighted by atomic mass is 9.95. The Labute approximate surface area is 188 Å². The minimum Gasteiger partial charge on any atom is -0.381 e. The Morgan fingerprint density at radius 2 is 1.44 bits per heavy atom. The van der Waals surface area contributed by atoms with Crippen LogP contribution < -0.4 is 15.3 Å². The molecule has 0 unspecified atom stereocenters. The Morgan fingerprint density at radius 1 is 0.906 bits per heavy atom. The molecule has 0 aromatic heterocycles. The van der Waals surface area contributed by atoms with Crippen molar-refractivity contribution < 1.29 is 23.2 Å². The lowest BCUT2D eigenvalue weighted by molar-refractivity contribution is -0.130. The molecule has 0 atom stereocenters. The van der Waals surface area contributed by atoms with E-state index in [1.54, 1.807) is 17.6 Å². The first-order valence-electron chi connectivity index (χ1n) is 10.9. The molecular formula is C23H29N3O5S. The SMILES string of the molecule is O=C(CC1(S(=O)(=O)c2ccc(N3CCN(c4ccccc4)CC3)cc2)CCOCC1)NO. The lowest BCUT2D eigenvalue weighted by Gasteiger charge is -2.38. The molecule has 2 fully saturated rings. The zero-order valence-electron chi connectivity index (χ0n) is 17.9. The highest BCUT2D eigenvalue weighted by Crippen LogP contribution is 2.38. The summed E-state index contributed by atoms with van der Waals surface area (Å²) in [6.07, 6.45) is 0.135. The molecular weight excluding hydrogens is 430 g/mol. The van der Waals surface area contributed by atoms with Crippen LogP contribution in [0, 0.1) is 0 Å². The summed E-state index contributed by atoms with van der Waals surface area (Å²) in [5, 5.41) is 8.95. The number of benzene rings is 2. The largest absolute Gasteiger partial charge is 0.381 e. The van der Waals surface area contributed by atoms with Gasteiger partial charge in [-0.05, 0) is 49.2 Å². The molecule has 9 heteroatoms. The molecule has 0 aliphatic carbocycles. The molecule has 172 valence electrons. The van der Waals surface area contributed by atoms with Gasteiger partial charge in [-0.2, -0.15) is 0 Å². The highest BCUT2D eigenvalue weighted by atomic mass is 32.2. The number of para-hydroxylation sites is 1. The van der Waals surface area contributed by atoms with Crippen LogP contribution in [0.4, 0.5) is 11.4 Å². The van der Waals surface area contributed by atoms with Crippen molar-refractivity contribution in [3.05, 3.63) is 54.6 Å². The number of carbonyl (C=O) groups excluding carboxylic acids is 1. The van der Waals surface area contributed by atoms with Crippen molar-refractivity contribution in [3.63, 3.8) is 0 Å². The van der Waals surface area contributed by atoms with Gasteiger partial charge in [0.05, 0.1) is 9.64 Å². The number of nitrogens with one attached hydrogen (secondary N) is 1. The summed E-state index contributed by atoms with van der Waals surface area (Å²) in [7, 11) is -3.80. The van der Waals surface area contributed by atoms with Crippen LogP contribution >= 0.6 is 0 Å². The number of carbonyl (C=O) groups is 1. The van der Waals surface area contributed by atoms with E-state index in [0.29, 0.717) is 0 Å². The fraction of sp³-hybridized carbons (Fsp3) is 0.435. The number of sulfone groups is 1. The third-order valence-electron chi connectivity index (χ3n) is 6.49. The van der Waals surface area contributed by atoms with E-state index in [4.69, 9.17) is 9.94 Å². The van der Waals surface area contributed by atoms with Crippen LogP contribution in [0.2, 0.25) is 0 Å². The number of anilines is 2. The smallest absolute Gasteiger partial charge is 0.244 e. The number of hydrogen-bond donors (Lipinski definition) is 2. The van der Waals surface area contributed by atoms with E-state index in [9.17, 15) is 13.2 Å². The molecule has 2 aromatic rings. The molecule has 8 nitrogen and oxygen atoms in total. The van der Waals surface area contributed by atoms with Gasteiger partial charge >= 0.3 is 0 Å². The number of hydroxylamine groups is 1. The van der Waals surface area contributed by atoms with E-state index in [-0.39, 0.29) is 37.4 Å². The summed E-state index contributed by atoms with van der Waals surface area (Å²) in [6.45, 7) is 4.01. The monoisotopic (exact) mass is 459 g/mol. The second kappa shape index (κ2) is 9.48. The second-order valence-electron chi connectivity index (χ2n) is 8.31. The van der Waals surface area contributed by atoms with Crippen molar-refractivity contribution in [2.45, 2.75) is 28.9 Å². The summed E-state index contributed by atoms with van der Waals surface area (Å²) >= 11 is 0. The van der Waals surface area contributed by atoms with E-state index in [1.807, 2.05) is 30.3 Å². The van der Waals surface area contributed by atoms with Gasteiger partial charge < -0.3 is 14.5 Å². The molecule has 0 saturated carbocycles. The minimum atomic E-state index is -3.80. The van der Waals surface area contributed by atoms with E-state index >= 15 is 0 Å². The third-order valence-corrected chi connectivity index (χ3v) is 9.08. The van der Waals surface area contributed by atoms with Crippen LogP contribution in [-0.2, 0) is 19.4 Å². The maximum atomic E-state index is 13.5. The van der Waals surface area contributed by atoms with Gasteiger partial charge in [-0.15, -0.1) is 0 Å². The number of rotatable bonds is 6. The number of hydrogen-bond acceptors (Lipinski definition) is 7. The first-order valence-corrected chi connectivity index (χ1v) is 12.3. The quantitative estimate of drug-likeness (QED) is 0.505. The van der Waals surface area contributed by atoms with Crippen LogP contribution in [0.3, 0.4) is 0 Å². The van der Waals surface area contributed by atoms with Crippen LogP contribution in [0.1, 0.15) is 19.3 Å². The Balaban J connectivity index is 1.48. The second-order valence-corrected chi connectivity index (χ2v) is 10.7. The molecule has 2 heterocycles. The van der Waals surface area contributed by atoms with Crippen molar-refractivity contribution in [3.8, 4) is 0 Å². The van der Waals surface area contributed by atoms with Gasteiger partial charge in [-0.1, -0.05) is 18.2 Å². The summed E-state index contributed by atoms with van der Waals surface area (Å²) in [6, 6.07) is 17.2. The normalized spacial score (nSPS) is 18.9. The van der Waals surface area contributed by atoms with E-state index in [0.717, 1.165) is 31.9 Å². The van der Waals surface area contributed by atoms with Crippen LogP contribution in [-0.4, -0.2) is 63.7 Å². The highest BCUT2D eigenvalue weighted by Gasteiger charge is 2.47. The van der Waals surface area contributed by atoms with Crippen molar-refractivity contribution in [2.75, 3.05) is 49.2 Å². The molecule has 0 spiro atoms.